The largest absolute Gasteiger partial charge is 0.478 e. The predicted octanol–water partition coefficient (Wildman–Crippen LogP) is 4.81. The van der Waals surface area contributed by atoms with Crippen LogP contribution in [0, 0.1) is 0 Å². The first kappa shape index (κ1) is 15.8. The van der Waals surface area contributed by atoms with Gasteiger partial charge in [0.15, 0.2) is 0 Å². The van der Waals surface area contributed by atoms with Gasteiger partial charge >= 0.3 is 5.97 Å². The minimum Gasteiger partial charge on any atom is -0.478 e. The number of hydrogen-bond acceptors (Lipinski definition) is 2. The van der Waals surface area contributed by atoms with Crippen LogP contribution in [0.15, 0.2) is 18.2 Å². The molecule has 0 radical (unpaired) electrons. The molecule has 0 amide bonds. The summed E-state index contributed by atoms with van der Waals surface area (Å²) in [6, 6.07) is 5.16. The molecule has 0 fully saturated rings. The van der Waals surface area contributed by atoms with E-state index < -0.39 is 5.97 Å². The number of benzene rings is 1. The van der Waals surface area contributed by atoms with Crippen LogP contribution in [-0.2, 0) is 0 Å². The molecule has 0 aliphatic carbocycles. The van der Waals surface area contributed by atoms with E-state index in [-0.39, 0.29) is 5.56 Å². The van der Waals surface area contributed by atoms with Crippen molar-refractivity contribution in [3.05, 3.63) is 28.8 Å². The molecule has 0 aromatic heterocycles. The van der Waals surface area contributed by atoms with Crippen LogP contribution in [0.2, 0.25) is 5.02 Å². The zero-order valence-corrected chi connectivity index (χ0v) is 12.3. The molecule has 19 heavy (non-hydrogen) atoms. The molecule has 0 spiro atoms. The van der Waals surface area contributed by atoms with Gasteiger partial charge in [-0.05, 0) is 31.0 Å². The van der Waals surface area contributed by atoms with Crippen LogP contribution in [0.1, 0.15) is 56.3 Å². The fourth-order valence-electron chi connectivity index (χ4n) is 2.13. The Kier molecular flexibility index (Phi) is 6.71. The van der Waals surface area contributed by atoms with E-state index in [1.54, 1.807) is 18.2 Å². The Hall–Kier alpha value is -1.22. The highest BCUT2D eigenvalue weighted by Gasteiger charge is 2.14. The van der Waals surface area contributed by atoms with Gasteiger partial charge in [-0.3, -0.25) is 0 Å². The number of nitrogens with one attached hydrogen (secondary N) is 1. The number of anilines is 1. The second kappa shape index (κ2) is 8.05. The molecule has 1 rings (SSSR count). The van der Waals surface area contributed by atoms with E-state index in [1.165, 1.54) is 0 Å². The van der Waals surface area contributed by atoms with E-state index >= 15 is 0 Å². The number of aromatic carboxylic acids is 1. The predicted molar refractivity (Wildman–Crippen MR) is 80.3 cm³/mol. The van der Waals surface area contributed by atoms with Crippen molar-refractivity contribution in [3.63, 3.8) is 0 Å². The number of carboxylic acids is 1. The van der Waals surface area contributed by atoms with Crippen LogP contribution in [0.25, 0.3) is 0 Å². The Balaban J connectivity index is 2.87. The highest BCUT2D eigenvalue weighted by Crippen LogP contribution is 2.24. The third-order valence-electron chi connectivity index (χ3n) is 3.11. The highest BCUT2D eigenvalue weighted by atomic mass is 35.5. The third-order valence-corrected chi connectivity index (χ3v) is 3.35. The summed E-state index contributed by atoms with van der Waals surface area (Å²) in [5, 5.41) is 13.1. The minimum atomic E-state index is -0.926. The van der Waals surface area contributed by atoms with Crippen LogP contribution in [-0.4, -0.2) is 17.1 Å². The number of hydrogen-bond donors (Lipinski definition) is 2. The van der Waals surface area contributed by atoms with Crippen LogP contribution in [0.3, 0.4) is 0 Å². The molecule has 0 saturated heterocycles. The zero-order chi connectivity index (χ0) is 14.3. The molecule has 2 N–H and O–H groups in total. The molecule has 4 heteroatoms. The Bertz CT molecular complexity index is 421. The molecule has 0 aliphatic rings. The van der Waals surface area contributed by atoms with Gasteiger partial charge in [0.05, 0.1) is 11.3 Å². The summed E-state index contributed by atoms with van der Waals surface area (Å²) < 4.78 is 0. The quantitative estimate of drug-likeness (QED) is 0.720. The summed E-state index contributed by atoms with van der Waals surface area (Å²) >= 11 is 5.95. The van der Waals surface area contributed by atoms with Gasteiger partial charge in [0.2, 0.25) is 0 Å². The van der Waals surface area contributed by atoms with Crippen molar-refractivity contribution in [1.29, 1.82) is 0 Å². The number of carboxylic acid groups (broad SMARTS) is 1. The molecule has 0 bridgehead atoms. The molecule has 3 nitrogen and oxygen atoms in total. The van der Waals surface area contributed by atoms with Crippen molar-refractivity contribution in [2.45, 2.75) is 52.0 Å². The van der Waals surface area contributed by atoms with E-state index in [0.29, 0.717) is 16.8 Å². The Morgan fingerprint density at radius 1 is 1.32 bits per heavy atom. The maximum Gasteiger partial charge on any atom is 0.337 e. The lowest BCUT2D eigenvalue weighted by Gasteiger charge is -2.20. The average molecular weight is 284 g/mol. The van der Waals surface area contributed by atoms with Gasteiger partial charge in [-0.2, -0.15) is 0 Å². The van der Waals surface area contributed by atoms with Gasteiger partial charge in [-0.1, -0.05) is 44.7 Å². The second-order valence-corrected chi connectivity index (χ2v) is 5.20. The normalized spacial score (nSPS) is 12.2. The second-order valence-electron chi connectivity index (χ2n) is 4.77. The van der Waals surface area contributed by atoms with Crippen molar-refractivity contribution in [3.8, 4) is 0 Å². The summed E-state index contributed by atoms with van der Waals surface area (Å²) in [4.78, 5) is 11.2. The van der Waals surface area contributed by atoms with E-state index in [2.05, 4.69) is 19.2 Å². The Morgan fingerprint density at radius 3 is 2.63 bits per heavy atom. The molecule has 1 atom stereocenters. The smallest absolute Gasteiger partial charge is 0.337 e. The van der Waals surface area contributed by atoms with Crippen molar-refractivity contribution >= 4 is 23.3 Å². The number of carbonyl (C=O) groups is 1. The van der Waals surface area contributed by atoms with Crippen LogP contribution >= 0.6 is 11.6 Å². The lowest BCUT2D eigenvalue weighted by molar-refractivity contribution is 0.0698. The highest BCUT2D eigenvalue weighted by molar-refractivity contribution is 6.31. The van der Waals surface area contributed by atoms with Crippen molar-refractivity contribution in [2.75, 3.05) is 5.32 Å². The summed E-state index contributed by atoms with van der Waals surface area (Å²) in [6.45, 7) is 4.29. The standard InChI is InChI=1S/C15H22ClNO2/c1-3-5-7-12(6-4-2)17-14-10-11(16)8-9-13(14)15(18)19/h8-10,12,17H,3-7H2,1-2H3,(H,18,19). The van der Waals surface area contributed by atoms with Crippen molar-refractivity contribution < 1.29 is 9.90 Å². The first-order valence-corrected chi connectivity index (χ1v) is 7.25. The monoisotopic (exact) mass is 283 g/mol. The topological polar surface area (TPSA) is 49.3 Å². The van der Waals surface area contributed by atoms with Gasteiger partial charge < -0.3 is 10.4 Å². The lowest BCUT2D eigenvalue weighted by atomic mass is 10.0. The first-order valence-electron chi connectivity index (χ1n) is 6.87. The molecule has 106 valence electrons. The van der Waals surface area contributed by atoms with E-state index in [4.69, 9.17) is 11.6 Å². The first-order chi connectivity index (χ1) is 9.08. The summed E-state index contributed by atoms with van der Waals surface area (Å²) in [5.74, 6) is -0.926. The van der Waals surface area contributed by atoms with E-state index in [9.17, 15) is 9.90 Å². The molecule has 0 heterocycles. The molecule has 0 aliphatic heterocycles. The summed E-state index contributed by atoms with van der Waals surface area (Å²) in [7, 11) is 0. The van der Waals surface area contributed by atoms with E-state index in [1.807, 2.05) is 0 Å². The number of rotatable bonds is 8. The molecule has 1 unspecified atom stereocenters. The van der Waals surface area contributed by atoms with Gasteiger partial charge in [0.1, 0.15) is 0 Å². The van der Waals surface area contributed by atoms with Crippen molar-refractivity contribution in [1.82, 2.24) is 0 Å². The maximum absolute atomic E-state index is 11.2. The lowest BCUT2D eigenvalue weighted by Crippen LogP contribution is -2.20. The van der Waals surface area contributed by atoms with Crippen LogP contribution in [0.4, 0.5) is 5.69 Å². The van der Waals surface area contributed by atoms with Crippen molar-refractivity contribution in [2.24, 2.45) is 0 Å². The van der Waals surface area contributed by atoms with E-state index in [0.717, 1.165) is 32.1 Å². The zero-order valence-electron chi connectivity index (χ0n) is 11.6. The maximum atomic E-state index is 11.2. The summed E-state index contributed by atoms with van der Waals surface area (Å²) in [6.07, 6.45) is 5.44. The van der Waals surface area contributed by atoms with Gasteiger partial charge in [0.25, 0.3) is 0 Å². The van der Waals surface area contributed by atoms with Crippen LogP contribution < -0.4 is 5.32 Å². The minimum absolute atomic E-state index is 0.280. The third kappa shape index (κ3) is 5.11. The van der Waals surface area contributed by atoms with Gasteiger partial charge in [-0.25, -0.2) is 4.79 Å². The fraction of sp³-hybridized carbons (Fsp3) is 0.533. The Labute approximate surface area is 120 Å². The van der Waals surface area contributed by atoms with Gasteiger partial charge in [0, 0.05) is 11.1 Å². The summed E-state index contributed by atoms with van der Waals surface area (Å²) in [5.41, 5.74) is 0.900. The van der Waals surface area contributed by atoms with Crippen LogP contribution in [0.5, 0.6) is 0 Å². The SMILES string of the molecule is CCCCC(CCC)Nc1cc(Cl)ccc1C(=O)O. The fourth-order valence-corrected chi connectivity index (χ4v) is 2.30. The molecule has 1 aromatic carbocycles. The molecular weight excluding hydrogens is 262 g/mol. The Morgan fingerprint density at radius 2 is 2.05 bits per heavy atom. The number of unbranched alkanes of at least 4 members (excludes halogenated alkanes) is 1. The van der Waals surface area contributed by atoms with Gasteiger partial charge in [-0.15, -0.1) is 0 Å². The molecule has 1 aromatic rings. The molecular formula is C15H22ClNO2. The molecule has 0 saturated carbocycles. The average Bonchev–Trinajstić information content (AvgIpc) is 2.36. The number of halogens is 1.